The van der Waals surface area contributed by atoms with Crippen LogP contribution in [0.1, 0.15) is 46.8 Å². The lowest BCUT2D eigenvalue weighted by molar-refractivity contribution is -0.134. The molecule has 0 saturated carbocycles. The van der Waals surface area contributed by atoms with Gasteiger partial charge >= 0.3 is 11.9 Å². The monoisotopic (exact) mass is 430 g/mol. The number of phenolic OH excluding ortho intramolecular Hbond substituents is 1. The zero-order valence-corrected chi connectivity index (χ0v) is 17.8. The van der Waals surface area contributed by atoms with Gasteiger partial charge in [0.15, 0.2) is 0 Å². The molecule has 1 N–H and O–H groups in total. The van der Waals surface area contributed by atoms with Crippen molar-refractivity contribution in [2.24, 2.45) is 0 Å². The van der Waals surface area contributed by atoms with Gasteiger partial charge in [-0.2, -0.15) is 0 Å². The first-order chi connectivity index (χ1) is 14.3. The van der Waals surface area contributed by atoms with Gasteiger partial charge in [0, 0.05) is 17.5 Å². The van der Waals surface area contributed by atoms with E-state index < -0.39 is 5.97 Å². The van der Waals surface area contributed by atoms with Crippen molar-refractivity contribution in [3.63, 3.8) is 0 Å². The highest BCUT2D eigenvalue weighted by Crippen LogP contribution is 2.42. The number of rotatable bonds is 7. The van der Waals surface area contributed by atoms with Crippen molar-refractivity contribution in [3.05, 3.63) is 63.2 Å². The molecule has 1 aliphatic rings. The number of hydrogen-bond donors (Lipinski definition) is 1. The normalized spacial score (nSPS) is 13.1. The van der Waals surface area contributed by atoms with Gasteiger partial charge in [0.2, 0.25) is 0 Å². The first-order valence-electron chi connectivity index (χ1n) is 9.52. The molecule has 2 aromatic carbocycles. The third-order valence-corrected chi connectivity index (χ3v) is 5.40. The number of phenols is 1. The summed E-state index contributed by atoms with van der Waals surface area (Å²) < 4.78 is 15.8. The lowest BCUT2D eigenvalue weighted by atomic mass is 9.94. The molecule has 3 rings (SSSR count). The number of para-hydroxylation sites is 1. The smallest absolute Gasteiger partial charge is 0.342 e. The van der Waals surface area contributed by atoms with Crippen LogP contribution in [0.3, 0.4) is 0 Å². The highest BCUT2D eigenvalue weighted by atomic mass is 35.5. The third kappa shape index (κ3) is 4.44. The Hall–Kier alpha value is -2.99. The molecule has 2 aromatic rings. The molecule has 30 heavy (non-hydrogen) atoms. The average Bonchev–Trinajstić information content (AvgIpc) is 3.11. The van der Waals surface area contributed by atoms with Crippen molar-refractivity contribution < 1.29 is 28.9 Å². The highest BCUT2D eigenvalue weighted by Gasteiger charge is 2.31. The van der Waals surface area contributed by atoms with Crippen LogP contribution in [-0.4, -0.2) is 24.2 Å². The van der Waals surface area contributed by atoms with Gasteiger partial charge in [-0.3, -0.25) is 4.79 Å². The molecular formula is C23H23ClO6. The van der Waals surface area contributed by atoms with Crippen molar-refractivity contribution in [1.82, 2.24) is 0 Å². The van der Waals surface area contributed by atoms with Gasteiger partial charge in [-0.15, -0.1) is 0 Å². The molecule has 158 valence electrons. The zero-order chi connectivity index (χ0) is 21.8. The zero-order valence-electron chi connectivity index (χ0n) is 17.1. The Morgan fingerprint density at radius 2 is 2.03 bits per heavy atom. The van der Waals surface area contributed by atoms with E-state index in [1.54, 1.807) is 24.3 Å². The van der Waals surface area contributed by atoms with Gasteiger partial charge in [-0.1, -0.05) is 35.4 Å². The van der Waals surface area contributed by atoms with Crippen molar-refractivity contribution >= 4 is 23.5 Å². The first kappa shape index (κ1) is 21.7. The summed E-state index contributed by atoms with van der Waals surface area (Å²) in [7, 11) is 1.52. The lowest BCUT2D eigenvalue weighted by Gasteiger charge is -2.15. The van der Waals surface area contributed by atoms with Crippen LogP contribution < -0.4 is 9.47 Å². The number of aromatic hydroxyl groups is 1. The summed E-state index contributed by atoms with van der Waals surface area (Å²) in [6, 6.07) is 6.80. The molecule has 1 aliphatic heterocycles. The fraction of sp³-hybridized carbons (Fsp3) is 0.304. The summed E-state index contributed by atoms with van der Waals surface area (Å²) in [6.07, 6.45) is 2.92. The van der Waals surface area contributed by atoms with Crippen LogP contribution in [-0.2, 0) is 22.6 Å². The maximum atomic E-state index is 12.1. The summed E-state index contributed by atoms with van der Waals surface area (Å²) >= 11 is 6.00. The van der Waals surface area contributed by atoms with Crippen LogP contribution >= 0.6 is 11.6 Å². The second kappa shape index (κ2) is 9.22. The minimum atomic E-state index is -0.530. The van der Waals surface area contributed by atoms with E-state index in [9.17, 15) is 14.7 Å². The van der Waals surface area contributed by atoms with Crippen LogP contribution in [0.4, 0.5) is 0 Å². The average molecular weight is 431 g/mol. The molecule has 0 aromatic heterocycles. The van der Waals surface area contributed by atoms with Gasteiger partial charge in [0.1, 0.15) is 29.4 Å². The molecule has 0 fully saturated rings. The van der Waals surface area contributed by atoms with Crippen LogP contribution in [0.5, 0.6) is 17.2 Å². The minimum Gasteiger partial charge on any atom is -0.507 e. The Morgan fingerprint density at radius 1 is 1.30 bits per heavy atom. The number of esters is 2. The third-order valence-electron chi connectivity index (χ3n) is 5.09. The van der Waals surface area contributed by atoms with E-state index in [2.05, 4.69) is 0 Å². The predicted molar refractivity (Wildman–Crippen MR) is 112 cm³/mol. The molecular weight excluding hydrogens is 408 g/mol. The predicted octanol–water partition coefficient (Wildman–Crippen LogP) is 4.91. The van der Waals surface area contributed by atoms with Gasteiger partial charge in [0.05, 0.1) is 12.1 Å². The number of benzene rings is 2. The van der Waals surface area contributed by atoms with E-state index >= 15 is 0 Å². The molecule has 0 bridgehead atoms. The maximum absolute atomic E-state index is 12.1. The van der Waals surface area contributed by atoms with Crippen LogP contribution in [0, 0.1) is 6.92 Å². The standard InChI is InChI=1S/C23H23ClO6/c1-13(9-11-19(25)30-18-7-5-4-6-17(18)24)8-10-15-21(26)20-16(12-29-23(20)27)14(2)22(15)28-3/h4-8,26H,9-12H2,1-3H3/b13-8+. The molecule has 7 heteroatoms. The van der Waals surface area contributed by atoms with E-state index in [0.717, 1.165) is 11.1 Å². The van der Waals surface area contributed by atoms with Crippen LogP contribution in [0.15, 0.2) is 35.9 Å². The fourth-order valence-electron chi connectivity index (χ4n) is 3.41. The molecule has 6 nitrogen and oxygen atoms in total. The van der Waals surface area contributed by atoms with Crippen molar-refractivity contribution in [2.45, 2.75) is 39.7 Å². The number of ether oxygens (including phenoxy) is 3. The molecule has 1 heterocycles. The number of carbonyl (C=O) groups is 2. The van der Waals surface area contributed by atoms with E-state index in [1.165, 1.54) is 7.11 Å². The molecule has 0 aliphatic carbocycles. The number of allylic oxidation sites excluding steroid dienone is 2. The Kier molecular flexibility index (Phi) is 6.67. The SMILES string of the molecule is COc1c(C)c2c(c(O)c1C/C=C(\C)CCC(=O)Oc1ccccc1Cl)C(=O)OC2. The largest absolute Gasteiger partial charge is 0.507 e. The number of methoxy groups -OCH3 is 1. The number of halogens is 1. The fourth-order valence-corrected chi connectivity index (χ4v) is 3.58. The lowest BCUT2D eigenvalue weighted by Crippen LogP contribution is -2.08. The molecule has 0 spiro atoms. The second-order valence-corrected chi connectivity index (χ2v) is 7.48. The Labute approximate surface area is 180 Å². The number of cyclic esters (lactones) is 1. The number of fused-ring (bicyclic) bond motifs is 1. The summed E-state index contributed by atoms with van der Waals surface area (Å²) in [5, 5.41) is 11.0. The van der Waals surface area contributed by atoms with Crippen LogP contribution in [0.25, 0.3) is 0 Å². The van der Waals surface area contributed by atoms with Crippen LogP contribution in [0.2, 0.25) is 5.02 Å². The second-order valence-electron chi connectivity index (χ2n) is 7.07. The Morgan fingerprint density at radius 3 is 2.73 bits per heavy atom. The summed E-state index contributed by atoms with van der Waals surface area (Å²) in [6.45, 7) is 3.86. The van der Waals surface area contributed by atoms with E-state index in [0.29, 0.717) is 40.5 Å². The van der Waals surface area contributed by atoms with Crippen molar-refractivity contribution in [2.75, 3.05) is 7.11 Å². The highest BCUT2D eigenvalue weighted by molar-refractivity contribution is 6.32. The van der Waals surface area contributed by atoms with Gasteiger partial charge < -0.3 is 19.3 Å². The maximum Gasteiger partial charge on any atom is 0.342 e. The number of carbonyl (C=O) groups excluding carboxylic acids is 2. The molecule has 0 radical (unpaired) electrons. The Balaban J connectivity index is 1.69. The summed E-state index contributed by atoms with van der Waals surface area (Å²) in [5.41, 5.74) is 3.10. The van der Waals surface area contributed by atoms with Crippen molar-refractivity contribution in [3.8, 4) is 17.2 Å². The molecule has 0 unspecified atom stereocenters. The van der Waals surface area contributed by atoms with E-state index in [1.807, 2.05) is 19.9 Å². The van der Waals surface area contributed by atoms with Gasteiger partial charge in [-0.25, -0.2) is 4.79 Å². The van der Waals surface area contributed by atoms with Gasteiger partial charge in [-0.05, 0) is 44.4 Å². The van der Waals surface area contributed by atoms with E-state index in [4.69, 9.17) is 25.8 Å². The topological polar surface area (TPSA) is 82.1 Å². The van der Waals surface area contributed by atoms with Gasteiger partial charge in [0.25, 0.3) is 0 Å². The minimum absolute atomic E-state index is 0.114. The summed E-state index contributed by atoms with van der Waals surface area (Å²) in [5.74, 6) is -0.158. The van der Waals surface area contributed by atoms with Crippen molar-refractivity contribution in [1.29, 1.82) is 0 Å². The van der Waals surface area contributed by atoms with E-state index in [-0.39, 0.29) is 30.3 Å². The first-order valence-corrected chi connectivity index (χ1v) is 9.90. The quantitative estimate of drug-likeness (QED) is 0.382. The Bertz CT molecular complexity index is 1020. The number of hydrogen-bond acceptors (Lipinski definition) is 6. The molecule has 0 amide bonds. The molecule has 0 saturated heterocycles. The molecule has 0 atom stereocenters. The summed E-state index contributed by atoms with van der Waals surface area (Å²) in [4.78, 5) is 24.1.